The van der Waals surface area contributed by atoms with Gasteiger partial charge in [-0.25, -0.2) is 9.97 Å². The number of benzene rings is 1. The molecule has 5 nitrogen and oxygen atoms in total. The zero-order valence-electron chi connectivity index (χ0n) is 10.5. The molecule has 20 heavy (non-hydrogen) atoms. The third-order valence-electron chi connectivity index (χ3n) is 2.88. The van der Waals surface area contributed by atoms with Gasteiger partial charge in [0.2, 0.25) is 5.95 Å². The van der Waals surface area contributed by atoms with Crippen LogP contribution < -0.4 is 10.5 Å². The number of ether oxygens (including phenoxy) is 1. The molecule has 0 spiro atoms. The fourth-order valence-electron chi connectivity index (χ4n) is 1.99. The van der Waals surface area contributed by atoms with E-state index in [0.29, 0.717) is 33.6 Å². The summed E-state index contributed by atoms with van der Waals surface area (Å²) in [6.45, 7) is 0. The van der Waals surface area contributed by atoms with E-state index >= 15 is 0 Å². The first-order valence-electron chi connectivity index (χ1n) is 5.73. The van der Waals surface area contributed by atoms with Gasteiger partial charge in [0, 0.05) is 16.7 Å². The second kappa shape index (κ2) is 4.96. The van der Waals surface area contributed by atoms with Crippen LogP contribution in [0.5, 0.6) is 5.75 Å². The average molecular weight is 354 g/mol. The maximum absolute atomic E-state index is 6.25. The molecule has 2 heterocycles. The van der Waals surface area contributed by atoms with Gasteiger partial charge in [-0.05, 0) is 34.1 Å². The Morgan fingerprint density at radius 3 is 2.90 bits per heavy atom. The molecular formula is C13H10BrClN4O. The van der Waals surface area contributed by atoms with Gasteiger partial charge in [0.25, 0.3) is 0 Å². The topological polar surface area (TPSA) is 66.0 Å². The minimum atomic E-state index is 0.320. The summed E-state index contributed by atoms with van der Waals surface area (Å²) in [5.74, 6) is 1.00. The lowest BCUT2D eigenvalue weighted by Gasteiger charge is -2.10. The summed E-state index contributed by atoms with van der Waals surface area (Å²) in [4.78, 5) is 8.64. The summed E-state index contributed by atoms with van der Waals surface area (Å²) in [5, 5.41) is 0.543. The van der Waals surface area contributed by atoms with Crippen LogP contribution in [0.25, 0.3) is 16.9 Å². The smallest absolute Gasteiger partial charge is 0.207 e. The van der Waals surface area contributed by atoms with Crippen LogP contribution in [0.1, 0.15) is 0 Å². The molecule has 102 valence electrons. The monoisotopic (exact) mass is 352 g/mol. The maximum Gasteiger partial charge on any atom is 0.207 e. The normalized spacial score (nSPS) is 10.9. The van der Waals surface area contributed by atoms with Crippen LogP contribution in [0.2, 0.25) is 5.02 Å². The van der Waals surface area contributed by atoms with Crippen LogP contribution >= 0.6 is 27.5 Å². The standard InChI is InChI=1S/C13H10BrClN4O/c1-20-8-2-3-9(15)11(5-8)19-12-10(18-13(19)16)4-7(14)6-17-12/h2-6H,1H3,(H2,16,18). The first-order chi connectivity index (χ1) is 9.60. The molecule has 0 aliphatic rings. The molecule has 0 radical (unpaired) electrons. The van der Waals surface area contributed by atoms with E-state index in [1.54, 1.807) is 36.1 Å². The van der Waals surface area contributed by atoms with Crippen molar-refractivity contribution in [3.63, 3.8) is 0 Å². The number of anilines is 1. The van der Waals surface area contributed by atoms with Crippen LogP contribution in [0, 0.1) is 0 Å². The highest BCUT2D eigenvalue weighted by Gasteiger charge is 2.14. The molecule has 2 aromatic heterocycles. The number of halogens is 2. The Morgan fingerprint density at radius 1 is 1.35 bits per heavy atom. The van der Waals surface area contributed by atoms with Gasteiger partial charge in [-0.15, -0.1) is 0 Å². The van der Waals surface area contributed by atoms with Gasteiger partial charge in [0.05, 0.1) is 17.8 Å². The number of hydrogen-bond donors (Lipinski definition) is 1. The molecule has 0 amide bonds. The van der Waals surface area contributed by atoms with Crippen molar-refractivity contribution in [3.8, 4) is 11.4 Å². The molecule has 3 aromatic rings. The number of aromatic nitrogens is 3. The second-order valence-electron chi connectivity index (χ2n) is 4.12. The van der Waals surface area contributed by atoms with E-state index in [1.807, 2.05) is 6.07 Å². The number of rotatable bonds is 2. The lowest BCUT2D eigenvalue weighted by Crippen LogP contribution is -2.02. The Balaban J connectivity index is 2.31. The lowest BCUT2D eigenvalue weighted by molar-refractivity contribution is 0.414. The Labute approximate surface area is 128 Å². The van der Waals surface area contributed by atoms with Crippen LogP contribution in [0.15, 0.2) is 34.9 Å². The molecule has 2 N–H and O–H groups in total. The van der Waals surface area contributed by atoms with Crippen LogP contribution in [-0.4, -0.2) is 21.6 Å². The molecule has 7 heteroatoms. The molecule has 0 saturated carbocycles. The van der Waals surface area contributed by atoms with E-state index in [0.717, 1.165) is 4.47 Å². The number of methoxy groups -OCH3 is 1. The van der Waals surface area contributed by atoms with E-state index < -0.39 is 0 Å². The summed E-state index contributed by atoms with van der Waals surface area (Å²) >= 11 is 9.61. The highest BCUT2D eigenvalue weighted by Crippen LogP contribution is 2.30. The van der Waals surface area contributed by atoms with Crippen LogP contribution in [0.4, 0.5) is 5.95 Å². The molecule has 0 saturated heterocycles. The molecule has 0 aliphatic heterocycles. The number of fused-ring (bicyclic) bond motifs is 1. The van der Waals surface area contributed by atoms with E-state index in [4.69, 9.17) is 22.1 Å². The van der Waals surface area contributed by atoms with Gasteiger partial charge >= 0.3 is 0 Å². The predicted molar refractivity (Wildman–Crippen MR) is 82.5 cm³/mol. The first-order valence-corrected chi connectivity index (χ1v) is 6.90. The maximum atomic E-state index is 6.25. The summed E-state index contributed by atoms with van der Waals surface area (Å²) in [5.41, 5.74) is 8.00. The summed E-state index contributed by atoms with van der Waals surface area (Å²) in [7, 11) is 1.59. The van der Waals surface area contributed by atoms with Gasteiger partial charge in [-0.3, -0.25) is 4.57 Å². The Hall–Kier alpha value is -1.79. The van der Waals surface area contributed by atoms with Crippen molar-refractivity contribution in [2.24, 2.45) is 0 Å². The van der Waals surface area contributed by atoms with Crippen molar-refractivity contribution in [2.45, 2.75) is 0 Å². The largest absolute Gasteiger partial charge is 0.497 e. The average Bonchev–Trinajstić information content (AvgIpc) is 2.74. The molecule has 0 aliphatic carbocycles. The van der Waals surface area contributed by atoms with E-state index in [1.165, 1.54) is 0 Å². The van der Waals surface area contributed by atoms with Crippen molar-refractivity contribution in [1.82, 2.24) is 14.5 Å². The predicted octanol–water partition coefficient (Wildman–Crippen LogP) is 3.43. The van der Waals surface area contributed by atoms with Crippen LogP contribution in [0.3, 0.4) is 0 Å². The molecule has 1 aromatic carbocycles. The van der Waals surface area contributed by atoms with Gasteiger partial charge in [-0.1, -0.05) is 11.6 Å². The second-order valence-corrected chi connectivity index (χ2v) is 5.44. The molecule has 0 unspecified atom stereocenters. The number of nitrogen functional groups attached to an aromatic ring is 1. The zero-order valence-corrected chi connectivity index (χ0v) is 12.8. The van der Waals surface area contributed by atoms with Gasteiger partial charge in [0.15, 0.2) is 5.65 Å². The third kappa shape index (κ3) is 2.10. The number of nitrogens with two attached hydrogens (primary N) is 1. The molecule has 0 fully saturated rings. The van der Waals surface area contributed by atoms with Gasteiger partial charge in [-0.2, -0.15) is 0 Å². The van der Waals surface area contributed by atoms with Crippen molar-refractivity contribution in [3.05, 3.63) is 40.0 Å². The van der Waals surface area contributed by atoms with E-state index in [9.17, 15) is 0 Å². The summed E-state index contributed by atoms with van der Waals surface area (Å²) < 4.78 is 7.76. The summed E-state index contributed by atoms with van der Waals surface area (Å²) in [6, 6.07) is 7.18. The summed E-state index contributed by atoms with van der Waals surface area (Å²) in [6.07, 6.45) is 1.69. The fraction of sp³-hybridized carbons (Fsp3) is 0.0769. The van der Waals surface area contributed by atoms with Crippen LogP contribution in [-0.2, 0) is 0 Å². The molecule has 0 atom stereocenters. The van der Waals surface area contributed by atoms with E-state index in [-0.39, 0.29) is 0 Å². The van der Waals surface area contributed by atoms with Crippen molar-refractivity contribution >= 4 is 44.6 Å². The van der Waals surface area contributed by atoms with Crippen molar-refractivity contribution < 1.29 is 4.74 Å². The Bertz CT molecular complexity index is 802. The quantitative estimate of drug-likeness (QED) is 0.766. The highest BCUT2D eigenvalue weighted by atomic mass is 79.9. The Kier molecular flexibility index (Phi) is 3.27. The van der Waals surface area contributed by atoms with Crippen molar-refractivity contribution in [2.75, 3.05) is 12.8 Å². The Morgan fingerprint density at radius 2 is 2.15 bits per heavy atom. The minimum absolute atomic E-state index is 0.320. The number of pyridine rings is 1. The fourth-order valence-corrected chi connectivity index (χ4v) is 2.51. The number of imidazole rings is 1. The van der Waals surface area contributed by atoms with E-state index in [2.05, 4.69) is 25.9 Å². The minimum Gasteiger partial charge on any atom is -0.497 e. The molecule has 3 rings (SSSR count). The van der Waals surface area contributed by atoms with Crippen molar-refractivity contribution in [1.29, 1.82) is 0 Å². The molecular weight excluding hydrogens is 344 g/mol. The number of hydrogen-bond acceptors (Lipinski definition) is 4. The zero-order chi connectivity index (χ0) is 14.3. The number of nitrogens with zero attached hydrogens (tertiary/aromatic N) is 3. The van der Waals surface area contributed by atoms with Gasteiger partial charge < -0.3 is 10.5 Å². The molecule has 0 bridgehead atoms. The SMILES string of the molecule is COc1ccc(Cl)c(-n2c(N)nc3cc(Br)cnc32)c1. The third-order valence-corrected chi connectivity index (χ3v) is 3.64. The highest BCUT2D eigenvalue weighted by molar-refractivity contribution is 9.10. The van der Waals surface area contributed by atoms with Gasteiger partial charge in [0.1, 0.15) is 11.3 Å². The first kappa shape index (κ1) is 13.2. The lowest BCUT2D eigenvalue weighted by atomic mass is 10.3.